The minimum absolute atomic E-state index is 0.904. The number of hydrogen-bond donors (Lipinski definition) is 1. The molecular weight excluding hydrogens is 232 g/mol. The van der Waals surface area contributed by atoms with Gasteiger partial charge in [-0.15, -0.1) is 0 Å². The van der Waals surface area contributed by atoms with Crippen LogP contribution in [0.1, 0.15) is 44.6 Å². The molecule has 0 spiro atoms. The highest BCUT2D eigenvalue weighted by atomic mass is 15.1. The summed E-state index contributed by atoms with van der Waals surface area (Å²) in [6.45, 7) is 5.51. The van der Waals surface area contributed by atoms with Gasteiger partial charge in [-0.05, 0) is 43.4 Å². The average molecular weight is 260 g/mol. The van der Waals surface area contributed by atoms with E-state index in [1.165, 1.54) is 49.9 Å². The molecule has 0 atom stereocenters. The molecule has 1 N–H and O–H groups in total. The normalized spacial score (nSPS) is 15.9. The first-order chi connectivity index (χ1) is 9.31. The van der Waals surface area contributed by atoms with Crippen molar-refractivity contribution in [2.75, 3.05) is 25.0 Å². The van der Waals surface area contributed by atoms with Gasteiger partial charge in [0.2, 0.25) is 0 Å². The first kappa shape index (κ1) is 14.4. The standard InChI is InChI=1S/C17H28N2/c1-3-12-18-13-16-10-6-7-11-17(16)19(2)14-15-8-4-5-9-15/h6-7,10-11,15,18H,3-5,8-9,12-14H2,1-2H3. The molecule has 0 aromatic heterocycles. The maximum atomic E-state index is 3.51. The van der Waals surface area contributed by atoms with Gasteiger partial charge < -0.3 is 10.2 Å². The van der Waals surface area contributed by atoms with Crippen LogP contribution in [0.4, 0.5) is 5.69 Å². The molecule has 2 heteroatoms. The number of nitrogens with zero attached hydrogens (tertiary/aromatic N) is 1. The predicted octanol–water partition coefficient (Wildman–Crippen LogP) is 3.81. The van der Waals surface area contributed by atoms with Crippen LogP contribution < -0.4 is 10.2 Å². The van der Waals surface area contributed by atoms with Gasteiger partial charge in [-0.3, -0.25) is 0 Å². The Kier molecular flexibility index (Phi) is 5.71. The maximum Gasteiger partial charge on any atom is 0.0409 e. The lowest BCUT2D eigenvalue weighted by atomic mass is 10.1. The molecule has 2 rings (SSSR count). The summed E-state index contributed by atoms with van der Waals surface area (Å²) in [4.78, 5) is 2.46. The van der Waals surface area contributed by atoms with E-state index in [9.17, 15) is 0 Å². The molecule has 0 aliphatic heterocycles. The summed E-state index contributed by atoms with van der Waals surface area (Å²) in [5, 5.41) is 3.51. The molecule has 0 heterocycles. The van der Waals surface area contributed by atoms with Gasteiger partial charge in [-0.1, -0.05) is 38.0 Å². The van der Waals surface area contributed by atoms with Crippen LogP contribution >= 0.6 is 0 Å². The second-order valence-electron chi connectivity index (χ2n) is 5.84. The summed E-state index contributed by atoms with van der Waals surface area (Å²) in [5.74, 6) is 0.904. The zero-order valence-electron chi connectivity index (χ0n) is 12.5. The molecular formula is C17H28N2. The fourth-order valence-corrected chi connectivity index (χ4v) is 3.11. The monoisotopic (exact) mass is 260 g/mol. The fourth-order valence-electron chi connectivity index (χ4n) is 3.11. The summed E-state index contributed by atoms with van der Waals surface area (Å²) in [6, 6.07) is 8.82. The van der Waals surface area contributed by atoms with Crippen LogP contribution in [0, 0.1) is 5.92 Å². The van der Waals surface area contributed by atoms with Gasteiger partial charge in [0.25, 0.3) is 0 Å². The highest BCUT2D eigenvalue weighted by Gasteiger charge is 2.17. The quantitative estimate of drug-likeness (QED) is 0.750. The summed E-state index contributed by atoms with van der Waals surface area (Å²) in [5.41, 5.74) is 2.83. The lowest BCUT2D eigenvalue weighted by Gasteiger charge is -2.25. The molecule has 0 unspecified atom stereocenters. The second-order valence-corrected chi connectivity index (χ2v) is 5.84. The van der Waals surface area contributed by atoms with E-state index in [1.807, 2.05) is 0 Å². The molecule has 106 valence electrons. The lowest BCUT2D eigenvalue weighted by molar-refractivity contribution is 0.545. The molecule has 1 aromatic carbocycles. The van der Waals surface area contributed by atoms with E-state index in [0.717, 1.165) is 19.0 Å². The molecule has 2 nitrogen and oxygen atoms in total. The number of anilines is 1. The van der Waals surface area contributed by atoms with Crippen LogP contribution in [0.25, 0.3) is 0 Å². The van der Waals surface area contributed by atoms with Crippen molar-refractivity contribution in [2.24, 2.45) is 5.92 Å². The van der Waals surface area contributed by atoms with Crippen LogP contribution in [-0.2, 0) is 6.54 Å². The molecule has 1 aliphatic carbocycles. The van der Waals surface area contributed by atoms with Crippen molar-refractivity contribution >= 4 is 5.69 Å². The lowest BCUT2D eigenvalue weighted by Crippen LogP contribution is -2.26. The van der Waals surface area contributed by atoms with Crippen LogP contribution in [-0.4, -0.2) is 20.1 Å². The molecule has 0 saturated heterocycles. The summed E-state index contributed by atoms with van der Waals surface area (Å²) >= 11 is 0. The Morgan fingerprint density at radius 1 is 1.21 bits per heavy atom. The average Bonchev–Trinajstić information content (AvgIpc) is 2.92. The van der Waals surface area contributed by atoms with Crippen LogP contribution in [0.2, 0.25) is 0 Å². The first-order valence-corrected chi connectivity index (χ1v) is 7.81. The number of hydrogen-bond acceptors (Lipinski definition) is 2. The smallest absolute Gasteiger partial charge is 0.0409 e. The fraction of sp³-hybridized carbons (Fsp3) is 0.647. The van der Waals surface area contributed by atoms with Crippen molar-refractivity contribution in [3.8, 4) is 0 Å². The van der Waals surface area contributed by atoms with Gasteiger partial charge in [-0.2, -0.15) is 0 Å². The second kappa shape index (κ2) is 7.54. The first-order valence-electron chi connectivity index (χ1n) is 7.81. The van der Waals surface area contributed by atoms with Gasteiger partial charge >= 0.3 is 0 Å². The number of rotatable bonds is 7. The van der Waals surface area contributed by atoms with Crippen LogP contribution in [0.3, 0.4) is 0 Å². The summed E-state index contributed by atoms with van der Waals surface area (Å²) in [6.07, 6.45) is 6.89. The third-order valence-corrected chi connectivity index (χ3v) is 4.15. The Bertz CT molecular complexity index is 369. The third-order valence-electron chi connectivity index (χ3n) is 4.15. The molecule has 19 heavy (non-hydrogen) atoms. The Balaban J connectivity index is 1.96. The Morgan fingerprint density at radius 3 is 2.68 bits per heavy atom. The Hall–Kier alpha value is -1.02. The molecule has 0 amide bonds. The van der Waals surface area contributed by atoms with Gasteiger partial charge in [0.1, 0.15) is 0 Å². The summed E-state index contributed by atoms with van der Waals surface area (Å²) < 4.78 is 0. The van der Waals surface area contributed by atoms with Crippen LogP contribution in [0.5, 0.6) is 0 Å². The Labute approximate surface area is 118 Å². The molecule has 1 aliphatic rings. The van der Waals surface area contributed by atoms with Crippen molar-refractivity contribution < 1.29 is 0 Å². The van der Waals surface area contributed by atoms with E-state index >= 15 is 0 Å². The van der Waals surface area contributed by atoms with Gasteiger partial charge in [-0.25, -0.2) is 0 Å². The van der Waals surface area contributed by atoms with Crippen molar-refractivity contribution in [2.45, 2.75) is 45.6 Å². The number of benzene rings is 1. The zero-order chi connectivity index (χ0) is 13.5. The molecule has 0 radical (unpaired) electrons. The third kappa shape index (κ3) is 4.24. The maximum absolute atomic E-state index is 3.51. The SMILES string of the molecule is CCCNCc1ccccc1N(C)CC1CCCC1. The van der Waals surface area contributed by atoms with Crippen LogP contribution in [0.15, 0.2) is 24.3 Å². The van der Waals surface area contributed by atoms with Gasteiger partial charge in [0.15, 0.2) is 0 Å². The van der Waals surface area contributed by atoms with E-state index in [0.29, 0.717) is 0 Å². The minimum atomic E-state index is 0.904. The van der Waals surface area contributed by atoms with Crippen molar-refractivity contribution in [3.05, 3.63) is 29.8 Å². The predicted molar refractivity (Wildman–Crippen MR) is 83.7 cm³/mol. The van der Waals surface area contributed by atoms with E-state index < -0.39 is 0 Å². The largest absolute Gasteiger partial charge is 0.374 e. The molecule has 0 bridgehead atoms. The van der Waals surface area contributed by atoms with Gasteiger partial charge in [0, 0.05) is 25.8 Å². The number of para-hydroxylation sites is 1. The van der Waals surface area contributed by atoms with Gasteiger partial charge in [0.05, 0.1) is 0 Å². The molecule has 1 fully saturated rings. The van der Waals surface area contributed by atoms with Crippen molar-refractivity contribution in [1.29, 1.82) is 0 Å². The van der Waals surface area contributed by atoms with Crippen molar-refractivity contribution in [1.82, 2.24) is 5.32 Å². The minimum Gasteiger partial charge on any atom is -0.374 e. The van der Waals surface area contributed by atoms with E-state index in [4.69, 9.17) is 0 Å². The highest BCUT2D eigenvalue weighted by Crippen LogP contribution is 2.28. The van der Waals surface area contributed by atoms with Crippen molar-refractivity contribution in [3.63, 3.8) is 0 Å². The molecule has 1 aromatic rings. The highest BCUT2D eigenvalue weighted by molar-refractivity contribution is 5.53. The Morgan fingerprint density at radius 2 is 1.95 bits per heavy atom. The summed E-state index contributed by atoms with van der Waals surface area (Å²) in [7, 11) is 2.25. The van der Waals surface area contributed by atoms with E-state index in [-0.39, 0.29) is 0 Å². The van der Waals surface area contributed by atoms with E-state index in [1.54, 1.807) is 0 Å². The number of nitrogens with one attached hydrogen (secondary N) is 1. The van der Waals surface area contributed by atoms with E-state index in [2.05, 4.69) is 48.5 Å². The zero-order valence-corrected chi connectivity index (χ0v) is 12.5. The molecule has 1 saturated carbocycles. The topological polar surface area (TPSA) is 15.3 Å².